The van der Waals surface area contributed by atoms with Crippen LogP contribution in [-0.4, -0.2) is 87.6 Å². The van der Waals surface area contributed by atoms with Gasteiger partial charge in [-0.3, -0.25) is 14.3 Å². The van der Waals surface area contributed by atoms with Gasteiger partial charge in [-0.15, -0.1) is 0 Å². The van der Waals surface area contributed by atoms with E-state index in [0.717, 1.165) is 0 Å². The topological polar surface area (TPSA) is 194 Å². The number of imidazole rings is 1. The van der Waals surface area contributed by atoms with Crippen LogP contribution in [0.4, 0.5) is 0 Å². The Kier molecular flexibility index (Phi) is 7.57. The van der Waals surface area contributed by atoms with Gasteiger partial charge in [0, 0.05) is 26.2 Å². The van der Waals surface area contributed by atoms with Crippen LogP contribution in [0, 0.1) is 0 Å². The van der Waals surface area contributed by atoms with Gasteiger partial charge < -0.3 is 24.1 Å². The summed E-state index contributed by atoms with van der Waals surface area (Å²) in [7, 11) is -8.21. The molecular weight excluding hydrogens is 404 g/mol. The molecule has 2 aromatic rings. The van der Waals surface area contributed by atoms with Crippen molar-refractivity contribution in [3.8, 4) is 0 Å². The average molecular weight is 426 g/mol. The van der Waals surface area contributed by atoms with E-state index < -0.39 is 21.9 Å². The molecule has 0 unspecified atom stereocenters. The minimum atomic E-state index is -4.19. The number of hydrogen-bond acceptors (Lipinski definition) is 9. The zero-order valence-corrected chi connectivity index (χ0v) is 16.0. The van der Waals surface area contributed by atoms with E-state index in [1.54, 1.807) is 9.47 Å². The van der Waals surface area contributed by atoms with Crippen molar-refractivity contribution in [3.63, 3.8) is 0 Å². The maximum absolute atomic E-state index is 11.7. The third-order valence-corrected chi connectivity index (χ3v) is 4.90. The summed E-state index contributed by atoms with van der Waals surface area (Å²) in [5.41, 5.74) is 0.214. The number of ether oxygens (including phenoxy) is 1. The number of H-pyrrole nitrogens is 1. The molecule has 2 rings (SSSR count). The lowest BCUT2D eigenvalue weighted by atomic mass is 10.4. The number of aromatic amines is 1. The highest BCUT2D eigenvalue weighted by Gasteiger charge is 2.29. The first-order chi connectivity index (χ1) is 12.6. The number of fused-ring (bicyclic) bond motifs is 1. The van der Waals surface area contributed by atoms with E-state index in [4.69, 9.17) is 29.2 Å². The molecule has 0 fully saturated rings. The van der Waals surface area contributed by atoms with Gasteiger partial charge in [-0.2, -0.15) is 14.7 Å². The Morgan fingerprint density at radius 2 is 1.96 bits per heavy atom. The Bertz CT molecular complexity index is 844. The number of rotatable bonds is 11. The van der Waals surface area contributed by atoms with Crippen molar-refractivity contribution in [1.82, 2.24) is 24.4 Å². The summed E-state index contributed by atoms with van der Waals surface area (Å²) >= 11 is 0. The first kappa shape index (κ1) is 22.0. The van der Waals surface area contributed by atoms with Crippen LogP contribution in [0.15, 0.2) is 17.4 Å². The van der Waals surface area contributed by atoms with Crippen molar-refractivity contribution in [3.05, 3.63) is 23.0 Å². The number of aromatic nitrogens is 4. The largest absolute Gasteiger partial charge is 0.431 e. The van der Waals surface area contributed by atoms with Crippen LogP contribution in [0.25, 0.3) is 11.2 Å². The maximum atomic E-state index is 11.7. The van der Waals surface area contributed by atoms with Crippen molar-refractivity contribution >= 4 is 26.7 Å². The molecular formula is C12H22N5O8P2+. The first-order valence-electron chi connectivity index (χ1n) is 7.85. The van der Waals surface area contributed by atoms with E-state index in [0.29, 0.717) is 18.7 Å². The van der Waals surface area contributed by atoms with Crippen molar-refractivity contribution < 1.29 is 33.8 Å². The summed E-state index contributed by atoms with van der Waals surface area (Å²) in [5, 5.41) is 0. The van der Waals surface area contributed by atoms with Crippen LogP contribution in [0.5, 0.6) is 0 Å². The van der Waals surface area contributed by atoms with Gasteiger partial charge in [0.15, 0.2) is 11.2 Å². The van der Waals surface area contributed by atoms with Crippen molar-refractivity contribution in [2.75, 3.05) is 38.8 Å². The van der Waals surface area contributed by atoms with Crippen LogP contribution >= 0.6 is 15.5 Å². The number of hydrogen-bond donors (Lipinski definition) is 6. The van der Waals surface area contributed by atoms with Crippen molar-refractivity contribution in [2.24, 2.45) is 0 Å². The van der Waals surface area contributed by atoms with E-state index in [-0.39, 0.29) is 36.9 Å². The lowest BCUT2D eigenvalue weighted by Gasteiger charge is -2.22. The molecule has 0 saturated heterocycles. The molecule has 0 aliphatic heterocycles. The maximum Gasteiger partial charge on any atom is 0.431 e. The molecule has 0 radical (unpaired) electrons. The van der Waals surface area contributed by atoms with Gasteiger partial charge in [-0.25, -0.2) is 9.97 Å². The Balaban J connectivity index is 1.96. The van der Waals surface area contributed by atoms with Gasteiger partial charge in [-0.05, 0) is 0 Å². The van der Waals surface area contributed by atoms with E-state index in [2.05, 4.69) is 15.0 Å². The molecule has 2 aromatic heterocycles. The Hall–Kier alpha value is -1.27. The van der Waals surface area contributed by atoms with Crippen LogP contribution in [0.2, 0.25) is 0 Å². The zero-order chi connectivity index (χ0) is 20.1. The van der Waals surface area contributed by atoms with Gasteiger partial charge in [-0.1, -0.05) is 0 Å². The Morgan fingerprint density at radius 1 is 1.22 bits per heavy atom. The van der Waals surface area contributed by atoms with Gasteiger partial charge >= 0.3 is 15.5 Å². The lowest BCUT2D eigenvalue weighted by molar-refractivity contribution is 0.116. The molecule has 0 bridgehead atoms. The molecule has 0 saturated carbocycles. The second kappa shape index (κ2) is 9.28. The Labute approximate surface area is 154 Å². The second-order valence-corrected chi connectivity index (χ2v) is 9.22. The summed E-state index contributed by atoms with van der Waals surface area (Å²) in [4.78, 5) is 68.6. The summed E-state index contributed by atoms with van der Waals surface area (Å²) in [6.07, 6.45) is 1.74. The third-order valence-electron chi connectivity index (χ3n) is 3.59. The molecule has 2 heterocycles. The van der Waals surface area contributed by atoms with Gasteiger partial charge in [0.25, 0.3) is 5.56 Å². The first-order valence-corrected chi connectivity index (χ1v) is 11.5. The number of nitrogens with one attached hydrogen (secondary N) is 1. The van der Waals surface area contributed by atoms with E-state index in [1.165, 1.54) is 12.7 Å². The van der Waals surface area contributed by atoms with E-state index in [1.807, 2.05) is 0 Å². The van der Waals surface area contributed by atoms with Gasteiger partial charge in [0.2, 0.25) is 6.35 Å². The SMILES string of the molecule is O=c1[nH]cnc2c1ncn2CCN(CCOC[P+](O)(O)O)CCP(=O)(O)O. The minimum absolute atomic E-state index is 0.0210. The molecule has 0 atom stereocenters. The molecule has 13 nitrogen and oxygen atoms in total. The second-order valence-electron chi connectivity index (χ2n) is 5.80. The molecule has 0 amide bonds. The molecule has 152 valence electrons. The predicted octanol–water partition coefficient (Wildman–Crippen LogP) is -1.69. The fourth-order valence-corrected chi connectivity index (χ4v) is 3.21. The molecule has 0 aromatic carbocycles. The summed E-state index contributed by atoms with van der Waals surface area (Å²) < 4.78 is 17.7. The van der Waals surface area contributed by atoms with Gasteiger partial charge in [0.05, 0.1) is 25.4 Å². The van der Waals surface area contributed by atoms with E-state index in [9.17, 15) is 9.36 Å². The van der Waals surface area contributed by atoms with Crippen LogP contribution < -0.4 is 5.56 Å². The number of nitrogens with zero attached hydrogens (tertiary/aromatic N) is 4. The lowest BCUT2D eigenvalue weighted by Crippen LogP contribution is -2.33. The average Bonchev–Trinajstić information content (AvgIpc) is 2.96. The highest BCUT2D eigenvalue weighted by atomic mass is 31.2. The summed E-state index contributed by atoms with van der Waals surface area (Å²) in [6, 6.07) is 0. The normalized spacial score (nSPS) is 13.0. The minimum Gasteiger partial charge on any atom is -0.338 e. The van der Waals surface area contributed by atoms with Gasteiger partial charge in [0.1, 0.15) is 0 Å². The monoisotopic (exact) mass is 426 g/mol. The van der Waals surface area contributed by atoms with E-state index >= 15 is 0 Å². The van der Waals surface area contributed by atoms with Crippen LogP contribution in [-0.2, 0) is 15.8 Å². The highest BCUT2D eigenvalue weighted by molar-refractivity contribution is 7.58. The Morgan fingerprint density at radius 3 is 2.63 bits per heavy atom. The predicted molar refractivity (Wildman–Crippen MR) is 95.9 cm³/mol. The smallest absolute Gasteiger partial charge is 0.338 e. The fourth-order valence-electron chi connectivity index (χ4n) is 2.29. The molecule has 6 N–H and O–H groups in total. The fraction of sp³-hybridized carbons (Fsp3) is 0.583. The molecule has 27 heavy (non-hydrogen) atoms. The molecule has 15 heteroatoms. The molecule has 0 aliphatic carbocycles. The van der Waals surface area contributed by atoms with Crippen molar-refractivity contribution in [1.29, 1.82) is 0 Å². The van der Waals surface area contributed by atoms with Crippen LogP contribution in [0.1, 0.15) is 0 Å². The summed E-state index contributed by atoms with van der Waals surface area (Å²) in [5.74, 6) is 0. The highest BCUT2D eigenvalue weighted by Crippen LogP contribution is 2.43. The van der Waals surface area contributed by atoms with Crippen LogP contribution in [0.3, 0.4) is 0 Å². The van der Waals surface area contributed by atoms with Crippen molar-refractivity contribution in [2.45, 2.75) is 6.54 Å². The zero-order valence-electron chi connectivity index (χ0n) is 14.2. The standard InChI is InChI=1S/C12H21N5O8P2/c18-12-10-11(13-7-14-12)17(8-15-10)2-1-16(4-6-26(19,20)21)3-5-25-9-27(22,23)24/h7-8,22-24H,1-6,9H2,(H2-,13,14,18,19,20,21)/p+1. The molecule has 0 spiro atoms. The molecule has 0 aliphatic rings. The quantitative estimate of drug-likeness (QED) is 0.177. The summed E-state index contributed by atoms with van der Waals surface area (Å²) in [6.45, 7) is 1.03. The third kappa shape index (κ3) is 7.70.